The van der Waals surface area contributed by atoms with E-state index in [1.54, 1.807) is 24.3 Å². The second-order valence-electron chi connectivity index (χ2n) is 3.81. The first-order valence-corrected chi connectivity index (χ1v) is 5.92. The van der Waals surface area contributed by atoms with Crippen LogP contribution in [0.2, 0.25) is 0 Å². The Bertz CT molecular complexity index is 817. The van der Waals surface area contributed by atoms with Crippen LogP contribution in [0, 0.1) is 0 Å². The minimum atomic E-state index is -0.120. The molecule has 1 heterocycles. The molecule has 0 unspecified atom stereocenters. The molecule has 2 nitrogen and oxygen atoms in total. The molecular weight excluding hydrogens is 256 g/mol. The topological polar surface area (TPSA) is 30.2 Å². The van der Waals surface area contributed by atoms with Crippen molar-refractivity contribution in [3.63, 3.8) is 0 Å². The lowest BCUT2D eigenvalue weighted by molar-refractivity contribution is 0.557. The summed E-state index contributed by atoms with van der Waals surface area (Å²) in [5.74, 6) is 0. The van der Waals surface area contributed by atoms with Crippen LogP contribution in [-0.4, -0.2) is 4.86 Å². The summed E-state index contributed by atoms with van der Waals surface area (Å²) >= 11 is 11.2. The van der Waals surface area contributed by atoms with Gasteiger partial charge in [0.1, 0.15) is 11.0 Å². The van der Waals surface area contributed by atoms with Gasteiger partial charge in [-0.2, -0.15) is 0 Å². The fourth-order valence-electron chi connectivity index (χ4n) is 1.93. The summed E-state index contributed by atoms with van der Waals surface area (Å²) in [6, 6.07) is 7.12. The van der Waals surface area contributed by atoms with E-state index in [4.69, 9.17) is 28.2 Å². The molecule has 84 valence electrons. The standard InChI is InChI=1S/C13H7ClO2S/c14-12-10(17)6-5-9-11(12)13(15)7-3-1-2-4-8(7)16-9/h1-5H,6H2. The Hall–Kier alpha value is -1.45. The van der Waals surface area contributed by atoms with Crippen LogP contribution < -0.4 is 16.1 Å². The largest absolute Gasteiger partial charge is 0.456 e. The van der Waals surface area contributed by atoms with E-state index in [1.807, 2.05) is 6.07 Å². The Kier molecular flexibility index (Phi) is 2.38. The molecule has 0 saturated carbocycles. The third-order valence-electron chi connectivity index (χ3n) is 2.76. The van der Waals surface area contributed by atoms with E-state index >= 15 is 0 Å². The zero-order valence-corrected chi connectivity index (χ0v) is 10.3. The molecule has 1 aliphatic rings. The molecule has 1 aromatic heterocycles. The van der Waals surface area contributed by atoms with E-state index in [0.717, 1.165) is 0 Å². The minimum absolute atomic E-state index is 0.120. The molecule has 0 bridgehead atoms. The van der Waals surface area contributed by atoms with E-state index in [9.17, 15) is 4.79 Å². The van der Waals surface area contributed by atoms with Gasteiger partial charge >= 0.3 is 0 Å². The quantitative estimate of drug-likeness (QED) is 0.677. The number of rotatable bonds is 0. The second kappa shape index (κ2) is 3.79. The van der Waals surface area contributed by atoms with Crippen LogP contribution in [0.25, 0.3) is 22.1 Å². The lowest BCUT2D eigenvalue weighted by Gasteiger charge is -2.05. The molecule has 0 saturated heterocycles. The number of hydrogen-bond donors (Lipinski definition) is 0. The van der Waals surface area contributed by atoms with Crippen LogP contribution >= 0.6 is 23.8 Å². The van der Waals surface area contributed by atoms with E-state index in [1.165, 1.54) is 0 Å². The Labute approximate surface area is 107 Å². The van der Waals surface area contributed by atoms with Gasteiger partial charge < -0.3 is 4.42 Å². The number of halogens is 1. The van der Waals surface area contributed by atoms with Crippen molar-refractivity contribution in [3.05, 3.63) is 45.1 Å². The van der Waals surface area contributed by atoms with E-state index in [0.29, 0.717) is 37.9 Å². The highest BCUT2D eigenvalue weighted by atomic mass is 35.5. The summed E-state index contributed by atoms with van der Waals surface area (Å²) in [5, 5.41) is 1.26. The first kappa shape index (κ1) is 10.7. The van der Waals surface area contributed by atoms with Gasteiger partial charge in [0.15, 0.2) is 0 Å². The molecule has 0 fully saturated rings. The van der Waals surface area contributed by atoms with Crippen LogP contribution in [0.3, 0.4) is 0 Å². The predicted molar refractivity (Wildman–Crippen MR) is 72.7 cm³/mol. The lowest BCUT2D eigenvalue weighted by Crippen LogP contribution is -2.42. The Morgan fingerprint density at radius 3 is 2.88 bits per heavy atom. The number of hydrogen-bond acceptors (Lipinski definition) is 3. The third-order valence-corrected chi connectivity index (χ3v) is 3.66. The SMILES string of the molecule is O=c1c2c(oc3ccccc13)=CCC(=S)C=2Cl. The van der Waals surface area contributed by atoms with Crippen molar-refractivity contribution in [2.45, 2.75) is 6.42 Å². The smallest absolute Gasteiger partial charge is 0.202 e. The zero-order valence-electron chi connectivity index (χ0n) is 8.70. The average molecular weight is 263 g/mol. The molecule has 4 heteroatoms. The van der Waals surface area contributed by atoms with Gasteiger partial charge in [-0.1, -0.05) is 36.0 Å². The lowest BCUT2D eigenvalue weighted by atomic mass is 10.1. The molecule has 0 radical (unpaired) electrons. The van der Waals surface area contributed by atoms with Gasteiger partial charge in [-0.25, -0.2) is 0 Å². The number of fused-ring (bicyclic) bond motifs is 2. The summed E-state index contributed by atoms with van der Waals surface area (Å²) in [7, 11) is 0. The van der Waals surface area contributed by atoms with Crippen molar-refractivity contribution in [3.8, 4) is 0 Å². The molecular formula is C13H7ClO2S. The summed E-state index contributed by atoms with van der Waals surface area (Å²) in [4.78, 5) is 12.9. The monoisotopic (exact) mass is 262 g/mol. The van der Waals surface area contributed by atoms with Gasteiger partial charge in [0.25, 0.3) is 0 Å². The highest BCUT2D eigenvalue weighted by Gasteiger charge is 2.13. The molecule has 0 atom stereocenters. The van der Waals surface area contributed by atoms with Crippen LogP contribution in [-0.2, 0) is 0 Å². The van der Waals surface area contributed by atoms with Gasteiger partial charge in [-0.15, -0.1) is 0 Å². The fourth-order valence-corrected chi connectivity index (χ4v) is 2.37. The maximum atomic E-state index is 12.3. The molecule has 0 aliphatic heterocycles. The predicted octanol–water partition coefficient (Wildman–Crippen LogP) is 1.69. The molecule has 0 N–H and O–H groups in total. The van der Waals surface area contributed by atoms with Gasteiger partial charge in [0.05, 0.1) is 15.6 Å². The maximum Gasteiger partial charge on any atom is 0.202 e. The van der Waals surface area contributed by atoms with Gasteiger partial charge in [0.2, 0.25) is 5.43 Å². The summed E-state index contributed by atoms with van der Waals surface area (Å²) in [6.07, 6.45) is 2.35. The molecule has 17 heavy (non-hydrogen) atoms. The molecule has 0 spiro atoms. The minimum Gasteiger partial charge on any atom is -0.456 e. The van der Waals surface area contributed by atoms with Crippen molar-refractivity contribution >= 4 is 50.8 Å². The molecule has 3 rings (SSSR count). The normalized spacial score (nSPS) is 14.6. The number of benzene rings is 1. The van der Waals surface area contributed by atoms with Crippen molar-refractivity contribution in [2.24, 2.45) is 0 Å². The van der Waals surface area contributed by atoms with Crippen LogP contribution in [0.1, 0.15) is 6.42 Å². The first-order valence-electron chi connectivity index (χ1n) is 5.13. The maximum absolute atomic E-state index is 12.3. The number of thiocarbonyl (C=S) groups is 1. The van der Waals surface area contributed by atoms with E-state index in [-0.39, 0.29) is 5.43 Å². The highest BCUT2D eigenvalue weighted by Crippen LogP contribution is 2.11. The fraction of sp³-hybridized carbons (Fsp3) is 0.0769. The summed E-state index contributed by atoms with van der Waals surface area (Å²) in [5.41, 5.74) is 0.974. The van der Waals surface area contributed by atoms with Crippen LogP contribution in [0.15, 0.2) is 33.5 Å². The average Bonchev–Trinajstić information content (AvgIpc) is 2.34. The van der Waals surface area contributed by atoms with Crippen molar-refractivity contribution in [1.29, 1.82) is 0 Å². The number of para-hydroxylation sites is 1. The van der Waals surface area contributed by atoms with Crippen LogP contribution in [0.4, 0.5) is 0 Å². The molecule has 1 aliphatic carbocycles. The van der Waals surface area contributed by atoms with E-state index < -0.39 is 0 Å². The Morgan fingerprint density at radius 1 is 1.29 bits per heavy atom. The second-order valence-corrected chi connectivity index (χ2v) is 4.68. The highest BCUT2D eigenvalue weighted by molar-refractivity contribution is 7.81. The van der Waals surface area contributed by atoms with Gasteiger partial charge in [-0.05, 0) is 18.2 Å². The Morgan fingerprint density at radius 2 is 2.06 bits per heavy atom. The van der Waals surface area contributed by atoms with Gasteiger partial charge in [0, 0.05) is 11.3 Å². The molecule has 0 amide bonds. The Balaban J connectivity index is 2.68. The molecule has 1 aromatic carbocycles. The van der Waals surface area contributed by atoms with Crippen molar-refractivity contribution in [2.75, 3.05) is 0 Å². The molecule has 2 aromatic rings. The third kappa shape index (κ3) is 1.54. The van der Waals surface area contributed by atoms with Gasteiger partial charge in [-0.3, -0.25) is 4.79 Å². The first-order chi connectivity index (χ1) is 8.18. The summed E-state index contributed by atoms with van der Waals surface area (Å²) < 4.78 is 5.66. The van der Waals surface area contributed by atoms with Crippen LogP contribution in [0.5, 0.6) is 0 Å². The summed E-state index contributed by atoms with van der Waals surface area (Å²) in [6.45, 7) is 0. The van der Waals surface area contributed by atoms with E-state index in [2.05, 4.69) is 0 Å². The van der Waals surface area contributed by atoms with Crippen molar-refractivity contribution in [1.82, 2.24) is 0 Å². The zero-order chi connectivity index (χ0) is 12.0. The van der Waals surface area contributed by atoms with Crippen molar-refractivity contribution < 1.29 is 4.42 Å².